The van der Waals surface area contributed by atoms with Crippen molar-refractivity contribution in [1.29, 1.82) is 0 Å². The zero-order chi connectivity index (χ0) is 23.6. The highest BCUT2D eigenvalue weighted by Crippen LogP contribution is 2.37. The van der Waals surface area contributed by atoms with Gasteiger partial charge in [-0.15, -0.1) is 0 Å². The summed E-state index contributed by atoms with van der Waals surface area (Å²) in [6, 6.07) is 15.7. The number of ketones is 1. The summed E-state index contributed by atoms with van der Waals surface area (Å²) in [5.74, 6) is 1.20. The van der Waals surface area contributed by atoms with Crippen molar-refractivity contribution in [2.24, 2.45) is 0 Å². The molecular formula is C25H18F3NO4. The summed E-state index contributed by atoms with van der Waals surface area (Å²) in [5, 5.41) is 0.675. The first kappa shape index (κ1) is 22.1. The third kappa shape index (κ3) is 4.45. The molecule has 0 aliphatic carbocycles. The average Bonchev–Trinajstić information content (AvgIpc) is 2.83. The van der Waals surface area contributed by atoms with Crippen molar-refractivity contribution < 1.29 is 32.2 Å². The van der Waals surface area contributed by atoms with E-state index in [9.17, 15) is 18.0 Å². The fraction of sp³-hybridized carbons (Fsp3) is 0.120. The maximum Gasteiger partial charge on any atom is 0.417 e. The third-order valence-corrected chi connectivity index (χ3v) is 5.03. The number of nitrogens with zero attached hydrogens (tertiary/aromatic N) is 1. The van der Waals surface area contributed by atoms with E-state index in [0.717, 1.165) is 6.07 Å². The quantitative estimate of drug-likeness (QED) is 0.321. The summed E-state index contributed by atoms with van der Waals surface area (Å²) in [5.41, 5.74) is -0.631. The van der Waals surface area contributed by atoms with E-state index in [1.54, 1.807) is 24.4 Å². The van der Waals surface area contributed by atoms with Gasteiger partial charge in [0.15, 0.2) is 17.3 Å². The maximum atomic E-state index is 13.3. The van der Waals surface area contributed by atoms with Gasteiger partial charge in [-0.1, -0.05) is 18.2 Å². The largest absolute Gasteiger partial charge is 0.493 e. The normalized spacial score (nSPS) is 11.3. The summed E-state index contributed by atoms with van der Waals surface area (Å²) >= 11 is 0. The SMILES string of the molecule is COc1cc2nccc(Oc3ccc(C(=O)c4ccccc4C(F)(F)F)cc3)c2cc1OC. The molecule has 0 aliphatic heterocycles. The van der Waals surface area contributed by atoms with Gasteiger partial charge in [0.05, 0.1) is 25.3 Å². The molecule has 0 unspecified atom stereocenters. The van der Waals surface area contributed by atoms with Crippen molar-refractivity contribution in [2.75, 3.05) is 14.2 Å². The van der Waals surface area contributed by atoms with Crippen LogP contribution in [0.15, 0.2) is 72.9 Å². The number of hydrogen-bond donors (Lipinski definition) is 0. The molecule has 4 aromatic rings. The highest BCUT2D eigenvalue weighted by atomic mass is 19.4. The zero-order valence-electron chi connectivity index (χ0n) is 17.6. The van der Waals surface area contributed by atoms with Crippen LogP contribution in [0.1, 0.15) is 21.5 Å². The molecule has 1 aromatic heterocycles. The Bertz CT molecular complexity index is 1320. The van der Waals surface area contributed by atoms with Crippen LogP contribution in [-0.2, 0) is 6.18 Å². The predicted octanol–water partition coefficient (Wildman–Crippen LogP) is 6.29. The van der Waals surface area contributed by atoms with Crippen LogP contribution < -0.4 is 14.2 Å². The Hall–Kier alpha value is -4.07. The van der Waals surface area contributed by atoms with E-state index in [0.29, 0.717) is 33.9 Å². The average molecular weight is 453 g/mol. The number of fused-ring (bicyclic) bond motifs is 1. The minimum atomic E-state index is -4.62. The zero-order valence-corrected chi connectivity index (χ0v) is 17.6. The summed E-state index contributed by atoms with van der Waals surface area (Å²) in [6.07, 6.45) is -3.04. The summed E-state index contributed by atoms with van der Waals surface area (Å²) < 4.78 is 56.4. The number of rotatable bonds is 6. The Balaban J connectivity index is 1.63. The molecule has 33 heavy (non-hydrogen) atoms. The molecule has 5 nitrogen and oxygen atoms in total. The molecule has 1 heterocycles. The van der Waals surface area contributed by atoms with Crippen LogP contribution in [-0.4, -0.2) is 25.0 Å². The van der Waals surface area contributed by atoms with E-state index in [-0.39, 0.29) is 5.56 Å². The first-order chi connectivity index (χ1) is 15.8. The summed E-state index contributed by atoms with van der Waals surface area (Å²) in [4.78, 5) is 17.0. The molecule has 0 radical (unpaired) electrons. The first-order valence-electron chi connectivity index (χ1n) is 9.81. The lowest BCUT2D eigenvalue weighted by atomic mass is 9.98. The minimum Gasteiger partial charge on any atom is -0.493 e. The van der Waals surface area contributed by atoms with E-state index < -0.39 is 23.1 Å². The standard InChI is InChI=1S/C25H18F3NO4/c1-31-22-13-18-20(14-23(22)32-2)29-12-11-21(18)33-16-9-7-15(8-10-16)24(30)17-5-3-4-6-19(17)25(26,27)28/h3-14H,1-2H3. The van der Waals surface area contributed by atoms with Gasteiger partial charge in [0.1, 0.15) is 11.5 Å². The number of hydrogen-bond acceptors (Lipinski definition) is 5. The van der Waals surface area contributed by atoms with Crippen LogP contribution in [0.2, 0.25) is 0 Å². The lowest BCUT2D eigenvalue weighted by molar-refractivity contribution is -0.137. The molecule has 0 saturated carbocycles. The van der Waals surface area contributed by atoms with Crippen molar-refractivity contribution in [2.45, 2.75) is 6.18 Å². The van der Waals surface area contributed by atoms with Crippen LogP contribution in [0.5, 0.6) is 23.0 Å². The molecule has 0 N–H and O–H groups in total. The molecule has 0 saturated heterocycles. The number of benzene rings is 3. The van der Waals surface area contributed by atoms with E-state index >= 15 is 0 Å². The van der Waals surface area contributed by atoms with Gasteiger partial charge < -0.3 is 14.2 Å². The molecule has 0 atom stereocenters. The molecule has 0 spiro atoms. The number of alkyl halides is 3. The summed E-state index contributed by atoms with van der Waals surface area (Å²) in [7, 11) is 3.05. The smallest absolute Gasteiger partial charge is 0.417 e. The van der Waals surface area contributed by atoms with Gasteiger partial charge in [-0.3, -0.25) is 9.78 Å². The van der Waals surface area contributed by atoms with E-state index in [1.807, 2.05) is 0 Å². The predicted molar refractivity (Wildman–Crippen MR) is 116 cm³/mol. The maximum absolute atomic E-state index is 13.3. The highest BCUT2D eigenvalue weighted by molar-refractivity contribution is 6.10. The van der Waals surface area contributed by atoms with Crippen LogP contribution in [0.3, 0.4) is 0 Å². The van der Waals surface area contributed by atoms with Crippen LogP contribution in [0.4, 0.5) is 13.2 Å². The fourth-order valence-corrected chi connectivity index (χ4v) is 3.42. The van der Waals surface area contributed by atoms with E-state index in [1.165, 1.54) is 56.7 Å². The molecule has 3 aromatic carbocycles. The highest BCUT2D eigenvalue weighted by Gasteiger charge is 2.35. The van der Waals surface area contributed by atoms with E-state index in [4.69, 9.17) is 14.2 Å². The number of pyridine rings is 1. The van der Waals surface area contributed by atoms with Gasteiger partial charge in [-0.2, -0.15) is 13.2 Å². The molecule has 0 amide bonds. The Morgan fingerprint density at radius 3 is 2.18 bits per heavy atom. The molecule has 0 fully saturated rings. The van der Waals surface area contributed by atoms with Gasteiger partial charge in [0, 0.05) is 28.8 Å². The van der Waals surface area contributed by atoms with Crippen molar-refractivity contribution in [3.63, 3.8) is 0 Å². The summed E-state index contributed by atoms with van der Waals surface area (Å²) in [6.45, 7) is 0. The second-order valence-electron chi connectivity index (χ2n) is 7.03. The number of halogens is 3. The Kier molecular flexibility index (Phi) is 5.91. The Morgan fingerprint density at radius 2 is 1.52 bits per heavy atom. The van der Waals surface area contributed by atoms with Crippen LogP contribution in [0, 0.1) is 0 Å². The molecule has 8 heteroatoms. The fourth-order valence-electron chi connectivity index (χ4n) is 3.42. The second-order valence-corrected chi connectivity index (χ2v) is 7.03. The number of carbonyl (C=O) groups is 1. The lowest BCUT2D eigenvalue weighted by Crippen LogP contribution is -2.13. The second kappa shape index (κ2) is 8.82. The van der Waals surface area contributed by atoms with Crippen molar-refractivity contribution in [3.05, 3.63) is 89.6 Å². The van der Waals surface area contributed by atoms with Gasteiger partial charge in [-0.05, 0) is 42.5 Å². The molecule has 0 aliphatic rings. The number of aromatic nitrogens is 1. The topological polar surface area (TPSA) is 57.7 Å². The van der Waals surface area contributed by atoms with Crippen LogP contribution >= 0.6 is 0 Å². The molecule has 4 rings (SSSR count). The van der Waals surface area contributed by atoms with Gasteiger partial charge in [0.2, 0.25) is 0 Å². The number of ether oxygens (including phenoxy) is 3. The van der Waals surface area contributed by atoms with Crippen molar-refractivity contribution >= 4 is 16.7 Å². The van der Waals surface area contributed by atoms with Gasteiger partial charge in [0.25, 0.3) is 0 Å². The van der Waals surface area contributed by atoms with Crippen molar-refractivity contribution in [1.82, 2.24) is 4.98 Å². The lowest BCUT2D eigenvalue weighted by Gasteiger charge is -2.13. The van der Waals surface area contributed by atoms with Crippen LogP contribution in [0.25, 0.3) is 10.9 Å². The molecular weight excluding hydrogens is 435 g/mol. The Morgan fingerprint density at radius 1 is 0.848 bits per heavy atom. The monoisotopic (exact) mass is 453 g/mol. The van der Waals surface area contributed by atoms with Gasteiger partial charge in [-0.25, -0.2) is 0 Å². The first-order valence-corrected chi connectivity index (χ1v) is 9.81. The van der Waals surface area contributed by atoms with Crippen molar-refractivity contribution in [3.8, 4) is 23.0 Å². The van der Waals surface area contributed by atoms with Gasteiger partial charge >= 0.3 is 6.18 Å². The molecule has 168 valence electrons. The molecule has 0 bridgehead atoms. The Labute approximate surface area is 187 Å². The number of methoxy groups -OCH3 is 2. The minimum absolute atomic E-state index is 0.116. The van der Waals surface area contributed by atoms with E-state index in [2.05, 4.69) is 4.98 Å². The number of carbonyl (C=O) groups excluding carboxylic acids is 1. The third-order valence-electron chi connectivity index (χ3n) is 5.03.